The smallest absolute Gasteiger partial charge is 0.236 e. The van der Waals surface area contributed by atoms with Gasteiger partial charge in [0, 0.05) is 18.0 Å². The molecule has 2 rings (SSSR count). The van der Waals surface area contributed by atoms with Crippen LogP contribution in [-0.2, 0) is 16.0 Å². The Hall–Kier alpha value is -1.49. The number of carbonyl (C=O) groups excluding carboxylic acids is 2. The molecule has 0 saturated heterocycles. The van der Waals surface area contributed by atoms with Crippen molar-refractivity contribution < 1.29 is 14.7 Å². The van der Waals surface area contributed by atoms with Crippen LogP contribution < -0.4 is 10.0 Å². The van der Waals surface area contributed by atoms with Gasteiger partial charge in [-0.15, -0.1) is 11.8 Å². The predicted octanol–water partition coefficient (Wildman–Crippen LogP) is 0.449. The van der Waals surface area contributed by atoms with E-state index in [-0.39, 0.29) is 17.4 Å². The van der Waals surface area contributed by atoms with Gasteiger partial charge in [0.25, 0.3) is 0 Å². The van der Waals surface area contributed by atoms with Crippen molar-refractivity contribution in [3.8, 4) is 0 Å². The Morgan fingerprint density at radius 1 is 1.28 bits per heavy atom. The van der Waals surface area contributed by atoms with Gasteiger partial charge in [-0.25, -0.2) is 0 Å². The maximum absolute atomic E-state index is 12.0. The number of hydrogen-bond donors (Lipinski definition) is 0. The predicted molar refractivity (Wildman–Crippen MR) is 69.4 cm³/mol. The van der Waals surface area contributed by atoms with E-state index in [4.69, 9.17) is 0 Å². The molecule has 5 heteroatoms. The van der Waals surface area contributed by atoms with Crippen molar-refractivity contribution in [3.63, 3.8) is 0 Å². The lowest BCUT2D eigenvalue weighted by Crippen LogP contribution is -2.37. The SMILES string of the molecule is O=C([O-])CSCC(=O)N1CCCc2ccccc21. The Morgan fingerprint density at radius 3 is 2.83 bits per heavy atom. The number of rotatable bonds is 4. The molecule has 0 spiro atoms. The van der Waals surface area contributed by atoms with Crippen LogP contribution in [0, 0.1) is 0 Å². The number of carbonyl (C=O) groups is 2. The number of nitrogens with zero attached hydrogens (tertiary/aromatic N) is 1. The largest absolute Gasteiger partial charge is 0.549 e. The summed E-state index contributed by atoms with van der Waals surface area (Å²) in [6, 6.07) is 7.86. The first-order valence-electron chi connectivity index (χ1n) is 5.84. The number of aryl methyl sites for hydroxylation is 1. The standard InChI is InChI=1S/C13H15NO3S/c15-12(8-18-9-13(16)17)14-7-3-5-10-4-1-2-6-11(10)14/h1-2,4,6H,3,5,7-9H2,(H,16,17)/p-1. The highest BCUT2D eigenvalue weighted by Crippen LogP contribution is 2.27. The summed E-state index contributed by atoms with van der Waals surface area (Å²) in [7, 11) is 0. The highest BCUT2D eigenvalue weighted by molar-refractivity contribution is 8.00. The molecule has 0 fully saturated rings. The molecule has 0 atom stereocenters. The van der Waals surface area contributed by atoms with E-state index < -0.39 is 5.97 Å². The molecule has 1 aromatic rings. The molecule has 0 saturated carbocycles. The summed E-state index contributed by atoms with van der Waals surface area (Å²) in [6.07, 6.45) is 1.94. The lowest BCUT2D eigenvalue weighted by molar-refractivity contribution is -0.301. The fourth-order valence-electron chi connectivity index (χ4n) is 2.09. The molecule has 1 aliphatic heterocycles. The molecule has 0 aliphatic carbocycles. The van der Waals surface area contributed by atoms with Crippen molar-refractivity contribution in [2.75, 3.05) is 23.0 Å². The summed E-state index contributed by atoms with van der Waals surface area (Å²) < 4.78 is 0. The molecule has 1 amide bonds. The van der Waals surface area contributed by atoms with Crippen molar-refractivity contribution in [3.05, 3.63) is 29.8 Å². The maximum atomic E-state index is 12.0. The molecule has 0 bridgehead atoms. The van der Waals surface area contributed by atoms with Crippen LogP contribution in [0.25, 0.3) is 0 Å². The first-order valence-corrected chi connectivity index (χ1v) is 7.00. The van der Waals surface area contributed by atoms with E-state index in [1.54, 1.807) is 4.90 Å². The number of hydrogen-bond acceptors (Lipinski definition) is 4. The van der Waals surface area contributed by atoms with Crippen LogP contribution in [0.3, 0.4) is 0 Å². The number of fused-ring (bicyclic) bond motifs is 1. The fourth-order valence-corrected chi connectivity index (χ4v) is 2.69. The fraction of sp³-hybridized carbons (Fsp3) is 0.385. The second kappa shape index (κ2) is 5.91. The van der Waals surface area contributed by atoms with E-state index in [9.17, 15) is 14.7 Å². The molecule has 96 valence electrons. The van der Waals surface area contributed by atoms with Gasteiger partial charge in [0.1, 0.15) is 0 Å². The molecule has 1 aliphatic rings. The molecule has 18 heavy (non-hydrogen) atoms. The topological polar surface area (TPSA) is 60.4 Å². The zero-order chi connectivity index (χ0) is 13.0. The third-order valence-electron chi connectivity index (χ3n) is 2.86. The number of para-hydroxylation sites is 1. The molecule has 0 N–H and O–H groups in total. The number of carboxylic acid groups (broad SMARTS) is 1. The second-order valence-electron chi connectivity index (χ2n) is 4.14. The van der Waals surface area contributed by atoms with Gasteiger partial charge in [0.05, 0.1) is 11.7 Å². The number of benzene rings is 1. The summed E-state index contributed by atoms with van der Waals surface area (Å²) in [5.74, 6) is -1.12. The molecule has 0 unspecified atom stereocenters. The molecule has 0 aromatic heterocycles. The van der Waals surface area contributed by atoms with Gasteiger partial charge in [0.2, 0.25) is 5.91 Å². The summed E-state index contributed by atoms with van der Waals surface area (Å²) >= 11 is 1.08. The first kappa shape index (κ1) is 13.0. The normalized spacial score (nSPS) is 14.1. The van der Waals surface area contributed by atoms with Crippen molar-refractivity contribution in [1.82, 2.24) is 0 Å². The van der Waals surface area contributed by atoms with Crippen LogP contribution >= 0.6 is 11.8 Å². The Kier molecular flexibility index (Phi) is 4.25. The van der Waals surface area contributed by atoms with Crippen LogP contribution in [0.5, 0.6) is 0 Å². The molecule has 0 radical (unpaired) electrons. The highest BCUT2D eigenvalue weighted by atomic mass is 32.2. The Bertz CT molecular complexity index is 461. The Labute approximate surface area is 110 Å². The van der Waals surface area contributed by atoms with E-state index in [1.807, 2.05) is 24.3 Å². The summed E-state index contributed by atoms with van der Waals surface area (Å²) in [5.41, 5.74) is 2.14. The van der Waals surface area contributed by atoms with Gasteiger partial charge in [0.15, 0.2) is 0 Å². The van der Waals surface area contributed by atoms with Crippen molar-refractivity contribution >= 4 is 29.3 Å². The minimum Gasteiger partial charge on any atom is -0.549 e. The number of thioether (sulfide) groups is 1. The second-order valence-corrected chi connectivity index (χ2v) is 5.13. The molecule has 4 nitrogen and oxygen atoms in total. The average molecular weight is 264 g/mol. The minimum absolute atomic E-state index is 0.0339. The lowest BCUT2D eigenvalue weighted by atomic mass is 10.0. The summed E-state index contributed by atoms with van der Waals surface area (Å²) in [5, 5.41) is 10.3. The van der Waals surface area contributed by atoms with E-state index in [0.717, 1.165) is 30.3 Å². The van der Waals surface area contributed by atoms with Gasteiger partial charge >= 0.3 is 0 Å². The van der Waals surface area contributed by atoms with Gasteiger partial charge in [-0.05, 0) is 24.5 Å². The van der Waals surface area contributed by atoms with E-state index >= 15 is 0 Å². The zero-order valence-electron chi connectivity index (χ0n) is 9.93. The highest BCUT2D eigenvalue weighted by Gasteiger charge is 2.21. The van der Waals surface area contributed by atoms with E-state index in [1.165, 1.54) is 5.56 Å². The third-order valence-corrected chi connectivity index (χ3v) is 3.75. The molecule has 1 aromatic carbocycles. The van der Waals surface area contributed by atoms with E-state index in [2.05, 4.69) is 0 Å². The van der Waals surface area contributed by atoms with Gasteiger partial charge in [-0.1, -0.05) is 18.2 Å². The number of amides is 1. The third kappa shape index (κ3) is 3.04. The van der Waals surface area contributed by atoms with Crippen LogP contribution in [0.2, 0.25) is 0 Å². The molecular formula is C13H14NO3S-. The summed E-state index contributed by atoms with van der Waals surface area (Å²) in [6.45, 7) is 0.710. The average Bonchev–Trinajstić information content (AvgIpc) is 2.37. The molecular weight excluding hydrogens is 250 g/mol. The van der Waals surface area contributed by atoms with Crippen LogP contribution in [0.15, 0.2) is 24.3 Å². The van der Waals surface area contributed by atoms with Crippen molar-refractivity contribution in [1.29, 1.82) is 0 Å². The summed E-state index contributed by atoms with van der Waals surface area (Å²) in [4.78, 5) is 24.1. The maximum Gasteiger partial charge on any atom is 0.236 e. The van der Waals surface area contributed by atoms with E-state index in [0.29, 0.717) is 6.54 Å². The van der Waals surface area contributed by atoms with Gasteiger partial charge < -0.3 is 14.8 Å². The van der Waals surface area contributed by atoms with Gasteiger partial charge in [-0.2, -0.15) is 0 Å². The Balaban J connectivity index is 2.01. The number of aliphatic carboxylic acids is 1. The quantitative estimate of drug-likeness (QED) is 0.792. The monoisotopic (exact) mass is 264 g/mol. The van der Waals surface area contributed by atoms with Gasteiger partial charge in [-0.3, -0.25) is 4.79 Å². The van der Waals surface area contributed by atoms with Crippen molar-refractivity contribution in [2.45, 2.75) is 12.8 Å². The van der Waals surface area contributed by atoms with Crippen LogP contribution in [0.1, 0.15) is 12.0 Å². The van der Waals surface area contributed by atoms with Crippen molar-refractivity contribution in [2.24, 2.45) is 0 Å². The number of anilines is 1. The zero-order valence-corrected chi connectivity index (χ0v) is 10.7. The van der Waals surface area contributed by atoms with Crippen LogP contribution in [-0.4, -0.2) is 29.9 Å². The first-order chi connectivity index (χ1) is 8.68. The molecule has 1 heterocycles. The lowest BCUT2D eigenvalue weighted by Gasteiger charge is -2.29. The number of carboxylic acids is 1. The van der Waals surface area contributed by atoms with Crippen LogP contribution in [0.4, 0.5) is 5.69 Å². The minimum atomic E-state index is -1.13. The Morgan fingerprint density at radius 2 is 2.06 bits per heavy atom.